The zero-order chi connectivity index (χ0) is 27.7. The minimum atomic E-state index is -1.37. The predicted octanol–water partition coefficient (Wildman–Crippen LogP) is -4.11. The van der Waals surface area contributed by atoms with Gasteiger partial charge in [-0.1, -0.05) is 0 Å². The number of amides is 3. The van der Waals surface area contributed by atoms with Gasteiger partial charge in [0, 0.05) is 13.0 Å². The number of nitrogens with two attached hydrogens (primary N) is 4. The summed E-state index contributed by atoms with van der Waals surface area (Å²) in [7, 11) is 0. The lowest BCUT2D eigenvalue weighted by Crippen LogP contribution is -2.57. The number of carbonyl (C=O) groups is 5. The van der Waals surface area contributed by atoms with Crippen LogP contribution in [0, 0.1) is 0 Å². The van der Waals surface area contributed by atoms with Gasteiger partial charge < -0.3 is 54.2 Å². The Labute approximate surface area is 208 Å². The average Bonchev–Trinajstić information content (AvgIpc) is 2.81. The second-order valence-corrected chi connectivity index (χ2v) is 7.98. The van der Waals surface area contributed by atoms with Crippen LogP contribution in [0.3, 0.4) is 0 Å². The number of nitrogens with one attached hydrogen (secondary N) is 3. The fraction of sp³-hybridized carbons (Fsp3) is 0.700. The summed E-state index contributed by atoms with van der Waals surface area (Å²) in [5.41, 5.74) is 21.4. The van der Waals surface area contributed by atoms with E-state index >= 15 is 0 Å². The van der Waals surface area contributed by atoms with Crippen molar-refractivity contribution in [2.75, 3.05) is 19.7 Å². The third-order valence-electron chi connectivity index (χ3n) is 4.95. The molecule has 0 heterocycles. The van der Waals surface area contributed by atoms with Gasteiger partial charge in [-0.05, 0) is 45.1 Å². The first-order valence-corrected chi connectivity index (χ1v) is 11.4. The summed E-state index contributed by atoms with van der Waals surface area (Å²) in [4.78, 5) is 64.1. The molecule has 0 aliphatic heterocycles. The second kappa shape index (κ2) is 17.9. The van der Waals surface area contributed by atoms with E-state index in [4.69, 9.17) is 33.1 Å². The highest BCUT2D eigenvalue weighted by molar-refractivity contribution is 5.94. The van der Waals surface area contributed by atoms with E-state index in [2.05, 4.69) is 20.9 Å². The number of carboxylic acids is 2. The number of rotatable bonds is 19. The van der Waals surface area contributed by atoms with E-state index in [9.17, 15) is 29.1 Å². The number of nitrogens with zero attached hydrogens (tertiary/aromatic N) is 1. The number of unbranched alkanes of at least 4 members (excludes halogenated alkanes) is 1. The van der Waals surface area contributed by atoms with Crippen LogP contribution in [0.5, 0.6) is 0 Å². The molecule has 14 N–H and O–H groups in total. The molecule has 0 aliphatic carbocycles. The highest BCUT2D eigenvalue weighted by atomic mass is 16.4. The highest BCUT2D eigenvalue weighted by Crippen LogP contribution is 2.07. The largest absolute Gasteiger partial charge is 0.481 e. The first-order chi connectivity index (χ1) is 16.9. The van der Waals surface area contributed by atoms with Crippen molar-refractivity contribution in [3.05, 3.63) is 0 Å². The third kappa shape index (κ3) is 14.0. The molecule has 0 aromatic heterocycles. The van der Waals surface area contributed by atoms with Crippen LogP contribution in [-0.4, -0.2) is 94.8 Å². The Hall–Kier alpha value is -3.50. The number of hydrogen-bond donors (Lipinski definition) is 10. The average molecular weight is 519 g/mol. The molecule has 0 saturated heterocycles. The lowest BCUT2D eigenvalue weighted by atomic mass is 10.0. The lowest BCUT2D eigenvalue weighted by Gasteiger charge is -2.25. The zero-order valence-electron chi connectivity index (χ0n) is 20.0. The molecule has 0 saturated carbocycles. The summed E-state index contributed by atoms with van der Waals surface area (Å²) in [6, 6.07) is -5.19. The van der Waals surface area contributed by atoms with Crippen LogP contribution < -0.4 is 38.9 Å². The number of aliphatic hydroxyl groups is 1. The maximum Gasteiger partial charge on any atom is 0.326 e. The summed E-state index contributed by atoms with van der Waals surface area (Å²) in [5, 5.41) is 34.5. The standard InChI is InChI=1S/C20H38N8O8/c21-8-2-1-4-12(17(33)28-14(19(35)36)5-3-9-25-20(23)24)27-18(34)13(6-7-15(30)31)26-16(32)11(22)10-29/h11-14,29H,1-10,21-22H2,(H,26,32)(H,27,34)(H,28,33)(H,30,31)(H,35,36)(H4,23,24,25). The minimum Gasteiger partial charge on any atom is -0.481 e. The molecule has 0 aliphatic rings. The van der Waals surface area contributed by atoms with Crippen molar-refractivity contribution in [1.29, 1.82) is 0 Å². The molecule has 4 atom stereocenters. The molecule has 0 bridgehead atoms. The van der Waals surface area contributed by atoms with E-state index in [1.165, 1.54) is 0 Å². The summed E-state index contributed by atoms with van der Waals surface area (Å²) in [6.07, 6.45) is 0.512. The summed E-state index contributed by atoms with van der Waals surface area (Å²) in [5.74, 6) is -5.23. The molecule has 0 aromatic carbocycles. The molecule has 0 spiro atoms. The first-order valence-electron chi connectivity index (χ1n) is 11.4. The molecule has 206 valence electrons. The van der Waals surface area contributed by atoms with Crippen LogP contribution >= 0.6 is 0 Å². The van der Waals surface area contributed by atoms with Crippen molar-refractivity contribution >= 4 is 35.6 Å². The van der Waals surface area contributed by atoms with E-state index in [0.717, 1.165) is 0 Å². The van der Waals surface area contributed by atoms with Crippen LogP contribution in [0.2, 0.25) is 0 Å². The van der Waals surface area contributed by atoms with Gasteiger partial charge in [0.15, 0.2) is 5.96 Å². The fourth-order valence-electron chi connectivity index (χ4n) is 2.97. The number of hydrogen-bond acceptors (Lipinski definition) is 9. The van der Waals surface area contributed by atoms with Gasteiger partial charge in [-0.25, -0.2) is 4.79 Å². The lowest BCUT2D eigenvalue weighted by molar-refractivity contribution is -0.142. The number of carbonyl (C=O) groups excluding carboxylic acids is 3. The van der Waals surface area contributed by atoms with Crippen molar-refractivity contribution in [2.24, 2.45) is 27.9 Å². The van der Waals surface area contributed by atoms with Crippen LogP contribution in [-0.2, 0) is 24.0 Å². The monoisotopic (exact) mass is 518 g/mol. The molecule has 0 radical (unpaired) electrons. The van der Waals surface area contributed by atoms with E-state index in [1.54, 1.807) is 0 Å². The Morgan fingerprint density at radius 1 is 0.778 bits per heavy atom. The molecule has 0 aromatic rings. The highest BCUT2D eigenvalue weighted by Gasteiger charge is 2.30. The number of carboxylic acid groups (broad SMARTS) is 2. The SMILES string of the molecule is NCCCCC(NC(=O)C(CCC(=O)O)NC(=O)C(N)CO)C(=O)NC(CCCN=C(N)N)C(=O)O. The van der Waals surface area contributed by atoms with Crippen molar-refractivity contribution < 1.29 is 39.3 Å². The number of aliphatic carboxylic acids is 2. The Morgan fingerprint density at radius 2 is 1.31 bits per heavy atom. The molecule has 36 heavy (non-hydrogen) atoms. The minimum absolute atomic E-state index is 0.0116. The number of aliphatic hydroxyl groups excluding tert-OH is 1. The topological polar surface area (TPSA) is 299 Å². The van der Waals surface area contributed by atoms with Crippen molar-refractivity contribution in [3.63, 3.8) is 0 Å². The number of aliphatic imine (C=N–C) groups is 1. The van der Waals surface area contributed by atoms with Gasteiger partial charge in [0.1, 0.15) is 24.2 Å². The van der Waals surface area contributed by atoms with E-state index in [0.29, 0.717) is 19.4 Å². The van der Waals surface area contributed by atoms with Gasteiger partial charge in [0.25, 0.3) is 0 Å². The Bertz CT molecular complexity index is 775. The molecule has 16 nitrogen and oxygen atoms in total. The van der Waals surface area contributed by atoms with Crippen LogP contribution in [0.25, 0.3) is 0 Å². The van der Waals surface area contributed by atoms with E-state index in [-0.39, 0.29) is 38.2 Å². The number of guanidine groups is 1. The first kappa shape index (κ1) is 32.5. The molecular weight excluding hydrogens is 480 g/mol. The molecular formula is C20H38N8O8. The smallest absolute Gasteiger partial charge is 0.326 e. The fourth-order valence-corrected chi connectivity index (χ4v) is 2.97. The normalized spacial score (nSPS) is 14.0. The van der Waals surface area contributed by atoms with Crippen molar-refractivity contribution in [1.82, 2.24) is 16.0 Å². The van der Waals surface area contributed by atoms with E-state index < -0.39 is 66.9 Å². The molecule has 0 rings (SSSR count). The summed E-state index contributed by atoms with van der Waals surface area (Å²) < 4.78 is 0. The van der Waals surface area contributed by atoms with Crippen molar-refractivity contribution in [3.8, 4) is 0 Å². The Morgan fingerprint density at radius 3 is 1.81 bits per heavy atom. The quantitative estimate of drug-likeness (QED) is 0.0443. The van der Waals surface area contributed by atoms with Gasteiger partial charge in [-0.15, -0.1) is 0 Å². The second-order valence-electron chi connectivity index (χ2n) is 7.98. The maximum atomic E-state index is 12.9. The Kier molecular flexibility index (Phi) is 16.1. The van der Waals surface area contributed by atoms with Gasteiger partial charge in [0.2, 0.25) is 17.7 Å². The summed E-state index contributed by atoms with van der Waals surface area (Å²) in [6.45, 7) is -0.232. The van der Waals surface area contributed by atoms with Gasteiger partial charge in [-0.2, -0.15) is 0 Å². The molecule has 3 amide bonds. The van der Waals surface area contributed by atoms with E-state index in [1.807, 2.05) is 0 Å². The third-order valence-corrected chi connectivity index (χ3v) is 4.95. The Balaban J connectivity index is 5.49. The molecule has 0 fully saturated rings. The molecule has 4 unspecified atom stereocenters. The maximum absolute atomic E-state index is 12.9. The van der Waals surface area contributed by atoms with Gasteiger partial charge >= 0.3 is 11.9 Å². The van der Waals surface area contributed by atoms with Crippen molar-refractivity contribution in [2.45, 2.75) is 69.1 Å². The predicted molar refractivity (Wildman–Crippen MR) is 128 cm³/mol. The zero-order valence-corrected chi connectivity index (χ0v) is 20.0. The molecule has 16 heteroatoms. The summed E-state index contributed by atoms with van der Waals surface area (Å²) >= 11 is 0. The van der Waals surface area contributed by atoms with Gasteiger partial charge in [-0.3, -0.25) is 24.2 Å². The van der Waals surface area contributed by atoms with Crippen LogP contribution in [0.4, 0.5) is 0 Å². The van der Waals surface area contributed by atoms with Gasteiger partial charge in [0.05, 0.1) is 6.61 Å². The van der Waals surface area contributed by atoms with Crippen LogP contribution in [0.1, 0.15) is 44.9 Å². The van der Waals surface area contributed by atoms with Crippen LogP contribution in [0.15, 0.2) is 4.99 Å².